The highest BCUT2D eigenvalue weighted by atomic mass is 16.7. The molecule has 0 amide bonds. The van der Waals surface area contributed by atoms with Crippen LogP contribution in [0, 0.1) is 0 Å². The Kier molecular flexibility index (Phi) is 5.44. The highest BCUT2D eigenvalue weighted by Crippen LogP contribution is 2.42. The van der Waals surface area contributed by atoms with Crippen LogP contribution in [0.2, 0.25) is 0 Å². The quantitative estimate of drug-likeness (QED) is 0.449. The first-order valence-electron chi connectivity index (χ1n) is 9.79. The number of nitrogens with two attached hydrogens (primary N) is 1. The number of carbonyl (C=O) groups excluding carboxylic acids is 2. The molecule has 9 nitrogen and oxygen atoms in total. The summed E-state index contributed by atoms with van der Waals surface area (Å²) in [6, 6.07) is 5.22. The van der Waals surface area contributed by atoms with Crippen molar-refractivity contribution in [3.8, 4) is 17.2 Å². The Morgan fingerprint density at radius 3 is 2.58 bits per heavy atom. The molecule has 1 fully saturated rings. The van der Waals surface area contributed by atoms with Crippen molar-refractivity contribution in [1.82, 2.24) is 0 Å². The number of ketones is 2. The monoisotopic (exact) mass is 429 g/mol. The van der Waals surface area contributed by atoms with Gasteiger partial charge in [-0.05, 0) is 19.1 Å². The number of aliphatic hydroxyl groups is 1. The maximum Gasteiger partial charge on any atom is 0.202 e. The summed E-state index contributed by atoms with van der Waals surface area (Å²) in [5.74, 6) is -1.93. The van der Waals surface area contributed by atoms with E-state index in [2.05, 4.69) is 0 Å². The number of carbonyl (C=O) groups is 2. The van der Waals surface area contributed by atoms with E-state index >= 15 is 0 Å². The van der Waals surface area contributed by atoms with Crippen molar-refractivity contribution in [3.63, 3.8) is 0 Å². The lowest BCUT2D eigenvalue weighted by Gasteiger charge is -2.36. The molecule has 164 valence electrons. The van der Waals surface area contributed by atoms with Crippen molar-refractivity contribution in [2.45, 2.75) is 44.5 Å². The van der Waals surface area contributed by atoms with Gasteiger partial charge < -0.3 is 35.3 Å². The Morgan fingerprint density at radius 1 is 1.16 bits per heavy atom. The van der Waals surface area contributed by atoms with E-state index < -0.39 is 47.6 Å². The number of aromatic hydroxyl groups is 2. The molecule has 0 saturated carbocycles. The van der Waals surface area contributed by atoms with Gasteiger partial charge >= 0.3 is 0 Å². The number of aliphatic hydroxyl groups excluding tert-OH is 1. The van der Waals surface area contributed by atoms with Crippen molar-refractivity contribution in [2.75, 3.05) is 7.11 Å². The molecule has 4 atom stereocenters. The van der Waals surface area contributed by atoms with Crippen LogP contribution < -0.4 is 10.5 Å². The summed E-state index contributed by atoms with van der Waals surface area (Å²) in [4.78, 5) is 26.1. The first-order valence-corrected chi connectivity index (χ1v) is 9.79. The standard InChI is InChI=1S/C22H23NO8/c1-9-19(25)12(23)7-15(31-9)30-8-10-6-13(24)17-18(20(10)26)22(28)16-11(21(17)27)4-3-5-14(16)29-2/h3-6,9,12,15,19,24-26H,7-8,23H2,1-2H3/t9-,12+,15+,19+/m0/s1. The fourth-order valence-corrected chi connectivity index (χ4v) is 4.03. The van der Waals surface area contributed by atoms with Gasteiger partial charge in [-0.1, -0.05) is 12.1 Å². The normalized spacial score (nSPS) is 25.2. The average Bonchev–Trinajstić information content (AvgIpc) is 2.75. The van der Waals surface area contributed by atoms with Crippen LogP contribution in [0.4, 0.5) is 0 Å². The summed E-state index contributed by atoms with van der Waals surface area (Å²) in [7, 11) is 1.37. The number of benzene rings is 2. The van der Waals surface area contributed by atoms with Gasteiger partial charge in [-0.3, -0.25) is 9.59 Å². The molecule has 2 aliphatic rings. The Balaban J connectivity index is 1.67. The number of fused-ring (bicyclic) bond motifs is 2. The zero-order valence-corrected chi connectivity index (χ0v) is 17.0. The van der Waals surface area contributed by atoms with Gasteiger partial charge in [0.25, 0.3) is 0 Å². The van der Waals surface area contributed by atoms with Gasteiger partial charge in [-0.15, -0.1) is 0 Å². The molecule has 5 N–H and O–H groups in total. The molecule has 0 spiro atoms. The minimum Gasteiger partial charge on any atom is -0.507 e. The Morgan fingerprint density at radius 2 is 1.90 bits per heavy atom. The highest BCUT2D eigenvalue weighted by Gasteiger charge is 2.38. The summed E-state index contributed by atoms with van der Waals surface area (Å²) in [5, 5.41) is 31.2. The van der Waals surface area contributed by atoms with Gasteiger partial charge in [0.1, 0.15) is 17.2 Å². The third-order valence-corrected chi connectivity index (χ3v) is 5.71. The first-order chi connectivity index (χ1) is 14.7. The van der Waals surface area contributed by atoms with Crippen molar-refractivity contribution < 1.29 is 39.1 Å². The molecule has 1 aliphatic carbocycles. The second kappa shape index (κ2) is 7.93. The number of hydrogen-bond acceptors (Lipinski definition) is 9. The van der Waals surface area contributed by atoms with Crippen LogP contribution in [-0.2, 0) is 16.1 Å². The van der Waals surface area contributed by atoms with E-state index in [0.29, 0.717) is 0 Å². The predicted molar refractivity (Wildman–Crippen MR) is 107 cm³/mol. The number of methoxy groups -OCH3 is 1. The largest absolute Gasteiger partial charge is 0.507 e. The first kappa shape index (κ1) is 21.3. The molecule has 2 aromatic rings. The summed E-state index contributed by atoms with van der Waals surface area (Å²) in [6.07, 6.45) is -1.88. The highest BCUT2D eigenvalue weighted by molar-refractivity contribution is 6.31. The van der Waals surface area contributed by atoms with E-state index in [1.54, 1.807) is 13.0 Å². The number of ether oxygens (including phenoxy) is 3. The van der Waals surface area contributed by atoms with Gasteiger partial charge in [-0.25, -0.2) is 0 Å². The Hall–Kier alpha value is -2.98. The molecule has 1 saturated heterocycles. The molecule has 4 rings (SSSR count). The summed E-state index contributed by atoms with van der Waals surface area (Å²) in [5.41, 5.74) is 5.54. The molecular weight excluding hydrogens is 406 g/mol. The minimum absolute atomic E-state index is 0.0275. The third kappa shape index (κ3) is 3.45. The number of hydrogen-bond donors (Lipinski definition) is 4. The van der Waals surface area contributed by atoms with Gasteiger partial charge in [0.2, 0.25) is 5.78 Å². The van der Waals surface area contributed by atoms with Crippen molar-refractivity contribution in [1.29, 1.82) is 0 Å². The summed E-state index contributed by atoms with van der Waals surface area (Å²) >= 11 is 0. The predicted octanol–water partition coefficient (Wildman–Crippen LogP) is 1.22. The minimum atomic E-state index is -0.820. The molecule has 0 bridgehead atoms. The maximum absolute atomic E-state index is 13.2. The van der Waals surface area contributed by atoms with E-state index in [4.69, 9.17) is 19.9 Å². The van der Waals surface area contributed by atoms with Gasteiger partial charge in [0.05, 0.1) is 42.6 Å². The topological polar surface area (TPSA) is 149 Å². The summed E-state index contributed by atoms with van der Waals surface area (Å²) < 4.78 is 16.4. The molecule has 9 heteroatoms. The summed E-state index contributed by atoms with van der Waals surface area (Å²) in [6.45, 7) is 1.45. The zero-order valence-electron chi connectivity index (χ0n) is 17.0. The lowest BCUT2D eigenvalue weighted by atomic mass is 9.81. The molecule has 31 heavy (non-hydrogen) atoms. The second-order valence-corrected chi connectivity index (χ2v) is 7.67. The van der Waals surface area contributed by atoms with Crippen molar-refractivity contribution >= 4 is 11.6 Å². The van der Waals surface area contributed by atoms with E-state index in [9.17, 15) is 24.9 Å². The van der Waals surface area contributed by atoms with Crippen LogP contribution in [0.3, 0.4) is 0 Å². The zero-order chi connectivity index (χ0) is 22.4. The molecule has 1 heterocycles. The van der Waals surface area contributed by atoms with Crippen molar-refractivity contribution in [2.24, 2.45) is 5.73 Å². The molecular formula is C22H23NO8. The SMILES string of the molecule is COc1cccc2c1C(=O)c1c(O)c(CO[C@H]3C[C@@H](N)[C@H](O)[C@H](C)O3)cc(O)c1C2=O. The van der Waals surface area contributed by atoms with Crippen LogP contribution in [0.1, 0.15) is 50.8 Å². The van der Waals surface area contributed by atoms with Crippen LogP contribution in [-0.4, -0.2) is 58.5 Å². The molecule has 0 aromatic heterocycles. The number of rotatable bonds is 4. The smallest absolute Gasteiger partial charge is 0.202 e. The van der Waals surface area contributed by atoms with E-state index in [1.807, 2.05) is 0 Å². The molecule has 1 aliphatic heterocycles. The van der Waals surface area contributed by atoms with Gasteiger partial charge in [-0.2, -0.15) is 0 Å². The van der Waals surface area contributed by atoms with Gasteiger partial charge in [0, 0.05) is 23.6 Å². The number of phenols is 2. The van der Waals surface area contributed by atoms with Crippen LogP contribution >= 0.6 is 0 Å². The van der Waals surface area contributed by atoms with Crippen LogP contribution in [0.25, 0.3) is 0 Å². The Labute approximate surface area is 178 Å². The van der Waals surface area contributed by atoms with E-state index in [1.165, 1.54) is 25.3 Å². The Bertz CT molecular complexity index is 1050. The van der Waals surface area contributed by atoms with Crippen molar-refractivity contribution in [3.05, 3.63) is 52.1 Å². The third-order valence-electron chi connectivity index (χ3n) is 5.71. The average molecular weight is 429 g/mol. The molecule has 2 aromatic carbocycles. The molecule has 0 radical (unpaired) electrons. The maximum atomic E-state index is 13.2. The lowest BCUT2D eigenvalue weighted by Crippen LogP contribution is -2.51. The fraction of sp³-hybridized carbons (Fsp3) is 0.364. The van der Waals surface area contributed by atoms with E-state index in [0.717, 1.165) is 0 Å². The fourth-order valence-electron chi connectivity index (χ4n) is 4.03. The van der Waals surface area contributed by atoms with Gasteiger partial charge in [0.15, 0.2) is 12.1 Å². The van der Waals surface area contributed by atoms with Crippen LogP contribution in [0.15, 0.2) is 24.3 Å². The molecule has 0 unspecified atom stereocenters. The number of phenolic OH excluding ortho intramolecular Hbond substituents is 2. The van der Waals surface area contributed by atoms with Crippen LogP contribution in [0.5, 0.6) is 17.2 Å². The lowest BCUT2D eigenvalue weighted by molar-refractivity contribution is -0.226. The second-order valence-electron chi connectivity index (χ2n) is 7.67. The van der Waals surface area contributed by atoms with E-state index in [-0.39, 0.29) is 46.6 Å².